The van der Waals surface area contributed by atoms with Crippen molar-refractivity contribution in [1.82, 2.24) is 0 Å². The molecule has 3 rings (SSSR count). The summed E-state index contributed by atoms with van der Waals surface area (Å²) in [6.45, 7) is 6.77. The van der Waals surface area contributed by atoms with E-state index in [4.69, 9.17) is 4.74 Å². The summed E-state index contributed by atoms with van der Waals surface area (Å²) in [5.41, 5.74) is 2.30. The van der Waals surface area contributed by atoms with Gasteiger partial charge in [-0.3, -0.25) is 19.3 Å². The number of esters is 1. The summed E-state index contributed by atoms with van der Waals surface area (Å²) in [5.74, 6) is -1.65. The first kappa shape index (κ1) is 23.0. The number of hydrogen-bond donors (Lipinski definition) is 1. The molecule has 0 unspecified atom stereocenters. The molecule has 0 aromatic heterocycles. The van der Waals surface area contributed by atoms with Gasteiger partial charge >= 0.3 is 5.97 Å². The zero-order valence-corrected chi connectivity index (χ0v) is 18.5. The SMILES string of the molecule is CCN(c1ccc(NC(=O)COC(=O)c2ccc(N3C(=O)CCC3=O)cc2)cc1)C(C)C. The molecule has 0 aliphatic carbocycles. The fourth-order valence-electron chi connectivity index (χ4n) is 3.60. The largest absolute Gasteiger partial charge is 0.452 e. The maximum atomic E-state index is 12.2. The van der Waals surface area contributed by atoms with Crippen LogP contribution in [-0.2, 0) is 19.1 Å². The standard InChI is InChI=1S/C24H27N3O5/c1-4-26(16(2)3)19-11-7-18(8-12-19)25-21(28)15-32-24(31)17-5-9-20(10-6-17)27-22(29)13-14-23(27)30/h5-12,16H,4,13-15H2,1-3H3,(H,25,28). The molecule has 32 heavy (non-hydrogen) atoms. The summed E-state index contributed by atoms with van der Waals surface area (Å²) < 4.78 is 5.07. The molecule has 8 heteroatoms. The number of benzene rings is 2. The van der Waals surface area contributed by atoms with Gasteiger partial charge < -0.3 is 15.0 Å². The van der Waals surface area contributed by atoms with Gasteiger partial charge in [-0.25, -0.2) is 4.79 Å². The molecule has 1 aliphatic rings. The smallest absolute Gasteiger partial charge is 0.338 e. The van der Waals surface area contributed by atoms with Crippen LogP contribution in [0.5, 0.6) is 0 Å². The Morgan fingerprint density at radius 2 is 1.59 bits per heavy atom. The van der Waals surface area contributed by atoms with Crippen LogP contribution in [0.25, 0.3) is 0 Å². The minimum Gasteiger partial charge on any atom is -0.452 e. The first-order chi connectivity index (χ1) is 15.3. The van der Waals surface area contributed by atoms with Crippen molar-refractivity contribution in [2.24, 2.45) is 0 Å². The van der Waals surface area contributed by atoms with Crippen molar-refractivity contribution in [3.05, 3.63) is 54.1 Å². The van der Waals surface area contributed by atoms with Crippen molar-refractivity contribution < 1.29 is 23.9 Å². The molecule has 2 aromatic carbocycles. The number of carbonyl (C=O) groups excluding carboxylic acids is 4. The van der Waals surface area contributed by atoms with E-state index in [1.165, 1.54) is 24.3 Å². The fourth-order valence-corrected chi connectivity index (χ4v) is 3.60. The molecule has 0 spiro atoms. The van der Waals surface area contributed by atoms with Crippen LogP contribution in [0.4, 0.5) is 17.1 Å². The zero-order chi connectivity index (χ0) is 23.3. The second-order valence-electron chi connectivity index (χ2n) is 7.72. The minimum absolute atomic E-state index is 0.190. The Morgan fingerprint density at radius 1 is 1.00 bits per heavy atom. The van der Waals surface area contributed by atoms with Crippen molar-refractivity contribution >= 4 is 40.8 Å². The van der Waals surface area contributed by atoms with Gasteiger partial charge in [-0.15, -0.1) is 0 Å². The Kier molecular flexibility index (Phi) is 7.25. The lowest BCUT2D eigenvalue weighted by molar-refractivity contribution is -0.121. The number of anilines is 3. The van der Waals surface area contributed by atoms with E-state index < -0.39 is 18.5 Å². The average Bonchev–Trinajstić information content (AvgIpc) is 3.11. The number of ether oxygens (including phenoxy) is 1. The van der Waals surface area contributed by atoms with Crippen LogP contribution >= 0.6 is 0 Å². The van der Waals surface area contributed by atoms with Gasteiger partial charge in [-0.05, 0) is 69.3 Å². The molecule has 0 radical (unpaired) electrons. The Morgan fingerprint density at radius 3 is 2.12 bits per heavy atom. The molecule has 8 nitrogen and oxygen atoms in total. The molecular formula is C24H27N3O5. The van der Waals surface area contributed by atoms with Crippen LogP contribution in [0.1, 0.15) is 44.0 Å². The van der Waals surface area contributed by atoms with Gasteiger partial charge in [0.2, 0.25) is 11.8 Å². The molecule has 1 aliphatic heterocycles. The van der Waals surface area contributed by atoms with Crippen molar-refractivity contribution in [2.45, 2.75) is 39.7 Å². The first-order valence-corrected chi connectivity index (χ1v) is 10.6. The lowest BCUT2D eigenvalue weighted by Gasteiger charge is -2.27. The molecule has 1 fully saturated rings. The maximum absolute atomic E-state index is 12.2. The molecule has 0 atom stereocenters. The van der Waals surface area contributed by atoms with Gasteiger partial charge in [-0.1, -0.05) is 0 Å². The predicted molar refractivity (Wildman–Crippen MR) is 122 cm³/mol. The van der Waals surface area contributed by atoms with Gasteiger partial charge in [0.25, 0.3) is 5.91 Å². The normalized spacial score (nSPS) is 13.4. The number of carbonyl (C=O) groups is 4. The molecule has 1 N–H and O–H groups in total. The van der Waals surface area contributed by atoms with Crippen molar-refractivity contribution in [3.8, 4) is 0 Å². The molecule has 3 amide bonds. The summed E-state index contributed by atoms with van der Waals surface area (Å²) in [7, 11) is 0. The molecule has 1 saturated heterocycles. The monoisotopic (exact) mass is 437 g/mol. The third kappa shape index (κ3) is 5.32. The highest BCUT2D eigenvalue weighted by Gasteiger charge is 2.30. The Hall–Kier alpha value is -3.68. The quantitative estimate of drug-likeness (QED) is 0.503. The Bertz CT molecular complexity index is 983. The summed E-state index contributed by atoms with van der Waals surface area (Å²) in [6.07, 6.45) is 0.379. The number of amides is 3. The van der Waals surface area contributed by atoms with Gasteiger partial charge in [0.1, 0.15) is 0 Å². The van der Waals surface area contributed by atoms with Crippen LogP contribution in [-0.4, -0.2) is 42.9 Å². The molecule has 1 heterocycles. The van der Waals surface area contributed by atoms with E-state index in [0.717, 1.165) is 17.1 Å². The number of imide groups is 1. The first-order valence-electron chi connectivity index (χ1n) is 10.6. The van der Waals surface area contributed by atoms with Crippen molar-refractivity contribution in [2.75, 3.05) is 28.3 Å². The Labute approximate surface area is 187 Å². The zero-order valence-electron chi connectivity index (χ0n) is 18.5. The van der Waals surface area contributed by atoms with Gasteiger partial charge in [0.05, 0.1) is 11.3 Å². The summed E-state index contributed by atoms with van der Waals surface area (Å²) in [5, 5.41) is 2.70. The summed E-state index contributed by atoms with van der Waals surface area (Å²) in [4.78, 5) is 51.3. The highest BCUT2D eigenvalue weighted by molar-refractivity contribution is 6.19. The fraction of sp³-hybridized carbons (Fsp3) is 0.333. The molecule has 2 aromatic rings. The summed E-state index contributed by atoms with van der Waals surface area (Å²) in [6, 6.07) is 13.8. The van der Waals surface area contributed by atoms with E-state index in [1.807, 2.05) is 12.1 Å². The molecular weight excluding hydrogens is 410 g/mol. The third-order valence-corrected chi connectivity index (χ3v) is 5.19. The topological polar surface area (TPSA) is 96.0 Å². The van der Waals surface area contributed by atoms with E-state index in [-0.39, 0.29) is 30.2 Å². The number of hydrogen-bond acceptors (Lipinski definition) is 6. The predicted octanol–water partition coefficient (Wildman–Crippen LogP) is 3.37. The van der Waals surface area contributed by atoms with E-state index in [0.29, 0.717) is 17.4 Å². The third-order valence-electron chi connectivity index (χ3n) is 5.19. The van der Waals surface area contributed by atoms with Gasteiger partial charge in [-0.2, -0.15) is 0 Å². The highest BCUT2D eigenvalue weighted by atomic mass is 16.5. The van der Waals surface area contributed by atoms with E-state index in [1.54, 1.807) is 12.1 Å². The van der Waals surface area contributed by atoms with Crippen LogP contribution < -0.4 is 15.1 Å². The molecule has 0 saturated carbocycles. The average molecular weight is 437 g/mol. The van der Waals surface area contributed by atoms with Gasteiger partial charge in [0, 0.05) is 36.8 Å². The second kappa shape index (κ2) is 10.1. The maximum Gasteiger partial charge on any atom is 0.338 e. The van der Waals surface area contributed by atoms with Crippen LogP contribution in [0.2, 0.25) is 0 Å². The molecule has 0 bridgehead atoms. The second-order valence-corrected chi connectivity index (χ2v) is 7.72. The van der Waals surface area contributed by atoms with Crippen LogP contribution in [0, 0.1) is 0 Å². The number of nitrogens with zero attached hydrogens (tertiary/aromatic N) is 2. The Balaban J connectivity index is 1.52. The molecule has 168 valence electrons. The van der Waals surface area contributed by atoms with Crippen molar-refractivity contribution in [3.63, 3.8) is 0 Å². The highest BCUT2D eigenvalue weighted by Crippen LogP contribution is 2.23. The number of nitrogens with one attached hydrogen (secondary N) is 1. The van der Waals surface area contributed by atoms with Crippen molar-refractivity contribution in [1.29, 1.82) is 0 Å². The van der Waals surface area contributed by atoms with Crippen LogP contribution in [0.15, 0.2) is 48.5 Å². The van der Waals surface area contributed by atoms with E-state index >= 15 is 0 Å². The van der Waals surface area contributed by atoms with E-state index in [9.17, 15) is 19.2 Å². The lowest BCUT2D eigenvalue weighted by atomic mass is 10.2. The minimum atomic E-state index is -0.670. The van der Waals surface area contributed by atoms with Gasteiger partial charge in [0.15, 0.2) is 6.61 Å². The number of rotatable bonds is 8. The van der Waals surface area contributed by atoms with E-state index in [2.05, 4.69) is 31.0 Å². The van der Waals surface area contributed by atoms with Crippen LogP contribution in [0.3, 0.4) is 0 Å². The summed E-state index contributed by atoms with van der Waals surface area (Å²) >= 11 is 0. The lowest BCUT2D eigenvalue weighted by Crippen LogP contribution is -2.30.